The molecular formula is C21H23FN2O3. The summed E-state index contributed by atoms with van der Waals surface area (Å²) in [6.07, 6.45) is 0. The van der Waals surface area contributed by atoms with E-state index in [-0.39, 0.29) is 30.1 Å². The van der Waals surface area contributed by atoms with Crippen LogP contribution in [0.15, 0.2) is 54.6 Å². The molecule has 0 unspecified atom stereocenters. The third-order valence-corrected chi connectivity index (χ3v) is 4.68. The minimum absolute atomic E-state index is 0.0546. The van der Waals surface area contributed by atoms with Crippen molar-refractivity contribution in [2.24, 2.45) is 5.92 Å². The van der Waals surface area contributed by atoms with E-state index in [2.05, 4.69) is 0 Å². The molecule has 6 heteroatoms. The Bertz CT molecular complexity index is 791. The Morgan fingerprint density at radius 3 is 2.44 bits per heavy atom. The summed E-state index contributed by atoms with van der Waals surface area (Å²) >= 11 is 0. The zero-order chi connectivity index (χ0) is 19.2. The van der Waals surface area contributed by atoms with Gasteiger partial charge in [0.1, 0.15) is 0 Å². The van der Waals surface area contributed by atoms with E-state index in [1.807, 2.05) is 37.3 Å². The van der Waals surface area contributed by atoms with Crippen molar-refractivity contribution in [3.8, 4) is 5.75 Å². The van der Waals surface area contributed by atoms with Crippen LogP contribution in [0, 0.1) is 11.7 Å². The fraction of sp³-hybridized carbons (Fsp3) is 0.333. The SMILES string of the molecule is CCN(Cc1ccccc1)C(=O)C1CN(C(=O)COc2ccccc2F)C1. The summed E-state index contributed by atoms with van der Waals surface area (Å²) in [7, 11) is 0. The molecule has 1 fully saturated rings. The predicted molar refractivity (Wildman–Crippen MR) is 99.5 cm³/mol. The molecule has 3 rings (SSSR count). The smallest absolute Gasteiger partial charge is 0.260 e. The molecule has 5 nitrogen and oxygen atoms in total. The maximum absolute atomic E-state index is 13.5. The summed E-state index contributed by atoms with van der Waals surface area (Å²) in [5.74, 6) is -0.819. The van der Waals surface area contributed by atoms with Gasteiger partial charge >= 0.3 is 0 Å². The van der Waals surface area contributed by atoms with Gasteiger partial charge in [-0.1, -0.05) is 42.5 Å². The van der Waals surface area contributed by atoms with E-state index in [9.17, 15) is 14.0 Å². The summed E-state index contributed by atoms with van der Waals surface area (Å²) < 4.78 is 18.7. The molecule has 1 saturated heterocycles. The molecule has 0 aliphatic carbocycles. The lowest BCUT2D eigenvalue weighted by Gasteiger charge is -2.40. The number of halogens is 1. The Balaban J connectivity index is 1.47. The first kappa shape index (κ1) is 18.9. The van der Waals surface area contributed by atoms with Gasteiger partial charge in [-0.05, 0) is 24.6 Å². The molecule has 0 atom stereocenters. The number of carbonyl (C=O) groups is 2. The molecule has 0 N–H and O–H groups in total. The number of hydrogen-bond donors (Lipinski definition) is 0. The van der Waals surface area contributed by atoms with E-state index < -0.39 is 5.82 Å². The van der Waals surface area contributed by atoms with Crippen molar-refractivity contribution < 1.29 is 18.7 Å². The second-order valence-electron chi connectivity index (χ2n) is 6.55. The molecule has 1 heterocycles. The van der Waals surface area contributed by atoms with Crippen LogP contribution >= 0.6 is 0 Å². The quantitative estimate of drug-likeness (QED) is 0.753. The van der Waals surface area contributed by atoms with Crippen LogP contribution in [0.2, 0.25) is 0 Å². The van der Waals surface area contributed by atoms with E-state index >= 15 is 0 Å². The number of nitrogens with zero attached hydrogens (tertiary/aromatic N) is 2. The fourth-order valence-corrected chi connectivity index (χ4v) is 3.04. The van der Waals surface area contributed by atoms with Crippen molar-refractivity contribution >= 4 is 11.8 Å². The maximum Gasteiger partial charge on any atom is 0.260 e. The average Bonchev–Trinajstić information content (AvgIpc) is 2.65. The molecule has 2 aromatic rings. The standard InChI is InChI=1S/C21H23FN2O3/c1-2-23(12-16-8-4-3-5-9-16)21(26)17-13-24(14-17)20(25)15-27-19-11-7-6-10-18(19)22/h3-11,17H,2,12-15H2,1H3. The fourth-order valence-electron chi connectivity index (χ4n) is 3.04. The van der Waals surface area contributed by atoms with Gasteiger partial charge in [-0.25, -0.2) is 4.39 Å². The second-order valence-corrected chi connectivity index (χ2v) is 6.55. The van der Waals surface area contributed by atoms with Crippen LogP contribution in [0.1, 0.15) is 12.5 Å². The van der Waals surface area contributed by atoms with Crippen LogP contribution in [-0.2, 0) is 16.1 Å². The van der Waals surface area contributed by atoms with Gasteiger partial charge in [0.05, 0.1) is 5.92 Å². The van der Waals surface area contributed by atoms with Crippen LogP contribution in [0.5, 0.6) is 5.75 Å². The lowest BCUT2D eigenvalue weighted by atomic mass is 9.98. The first-order valence-corrected chi connectivity index (χ1v) is 9.06. The van der Waals surface area contributed by atoms with Crippen molar-refractivity contribution in [3.05, 3.63) is 66.0 Å². The summed E-state index contributed by atoms with van der Waals surface area (Å²) in [6, 6.07) is 15.8. The highest BCUT2D eigenvalue weighted by molar-refractivity contribution is 5.85. The van der Waals surface area contributed by atoms with E-state index in [1.54, 1.807) is 21.9 Å². The minimum Gasteiger partial charge on any atom is -0.481 e. The third kappa shape index (κ3) is 4.64. The number of carbonyl (C=O) groups excluding carboxylic acids is 2. The van der Waals surface area contributed by atoms with E-state index in [4.69, 9.17) is 4.74 Å². The number of para-hydroxylation sites is 1. The van der Waals surface area contributed by atoms with Crippen LogP contribution in [0.25, 0.3) is 0 Å². The molecule has 0 bridgehead atoms. The summed E-state index contributed by atoms with van der Waals surface area (Å²) in [5.41, 5.74) is 1.08. The summed E-state index contributed by atoms with van der Waals surface area (Å²) in [5, 5.41) is 0. The van der Waals surface area contributed by atoms with Crippen LogP contribution in [0.4, 0.5) is 4.39 Å². The van der Waals surface area contributed by atoms with Crippen LogP contribution in [0.3, 0.4) is 0 Å². The number of rotatable bonds is 7. The molecular weight excluding hydrogens is 347 g/mol. The van der Waals surface area contributed by atoms with Gasteiger partial charge in [-0.2, -0.15) is 0 Å². The number of benzene rings is 2. The van der Waals surface area contributed by atoms with Gasteiger partial charge in [-0.15, -0.1) is 0 Å². The average molecular weight is 370 g/mol. The van der Waals surface area contributed by atoms with Crippen molar-refractivity contribution in [1.29, 1.82) is 0 Å². The molecule has 0 saturated carbocycles. The lowest BCUT2D eigenvalue weighted by Crippen LogP contribution is -2.57. The predicted octanol–water partition coefficient (Wildman–Crippen LogP) is 2.71. The number of likely N-dealkylation sites (tertiary alicyclic amines) is 1. The molecule has 27 heavy (non-hydrogen) atoms. The van der Waals surface area contributed by atoms with Crippen molar-refractivity contribution in [3.63, 3.8) is 0 Å². The van der Waals surface area contributed by atoms with E-state index in [0.29, 0.717) is 26.2 Å². The van der Waals surface area contributed by atoms with Crippen molar-refractivity contribution in [1.82, 2.24) is 9.80 Å². The zero-order valence-corrected chi connectivity index (χ0v) is 15.3. The minimum atomic E-state index is -0.499. The Kier molecular flexibility index (Phi) is 6.06. The Morgan fingerprint density at radius 2 is 1.78 bits per heavy atom. The van der Waals surface area contributed by atoms with Crippen LogP contribution < -0.4 is 4.74 Å². The van der Waals surface area contributed by atoms with Gasteiger partial charge in [0, 0.05) is 26.2 Å². The van der Waals surface area contributed by atoms with E-state index in [1.165, 1.54) is 12.1 Å². The molecule has 0 aromatic heterocycles. The Labute approximate surface area is 158 Å². The lowest BCUT2D eigenvalue weighted by molar-refractivity contribution is -0.149. The van der Waals surface area contributed by atoms with Gasteiger partial charge in [0.25, 0.3) is 5.91 Å². The summed E-state index contributed by atoms with van der Waals surface area (Å²) in [4.78, 5) is 28.2. The zero-order valence-electron chi connectivity index (χ0n) is 15.3. The Hall–Kier alpha value is -2.89. The topological polar surface area (TPSA) is 49.9 Å². The normalized spacial score (nSPS) is 13.8. The molecule has 142 valence electrons. The highest BCUT2D eigenvalue weighted by Gasteiger charge is 2.37. The first-order valence-electron chi connectivity index (χ1n) is 9.06. The monoisotopic (exact) mass is 370 g/mol. The molecule has 2 aromatic carbocycles. The van der Waals surface area contributed by atoms with Gasteiger partial charge < -0.3 is 14.5 Å². The number of amides is 2. The highest BCUT2D eigenvalue weighted by atomic mass is 19.1. The first-order chi connectivity index (χ1) is 13.1. The van der Waals surface area contributed by atoms with E-state index in [0.717, 1.165) is 5.56 Å². The largest absolute Gasteiger partial charge is 0.481 e. The number of ether oxygens (including phenoxy) is 1. The molecule has 0 radical (unpaired) electrons. The summed E-state index contributed by atoms with van der Waals surface area (Å²) in [6.45, 7) is 3.66. The molecule has 0 spiro atoms. The van der Waals surface area contributed by atoms with Gasteiger partial charge in [-0.3, -0.25) is 9.59 Å². The van der Waals surface area contributed by atoms with Crippen molar-refractivity contribution in [2.45, 2.75) is 13.5 Å². The third-order valence-electron chi connectivity index (χ3n) is 4.68. The number of hydrogen-bond acceptors (Lipinski definition) is 3. The molecule has 1 aliphatic heterocycles. The van der Waals surface area contributed by atoms with Gasteiger partial charge in [0.15, 0.2) is 18.2 Å². The van der Waals surface area contributed by atoms with Crippen LogP contribution in [-0.4, -0.2) is 47.9 Å². The molecule has 1 aliphatic rings. The molecule has 2 amide bonds. The van der Waals surface area contributed by atoms with Crippen molar-refractivity contribution in [2.75, 3.05) is 26.2 Å². The highest BCUT2D eigenvalue weighted by Crippen LogP contribution is 2.21. The van der Waals surface area contributed by atoms with Gasteiger partial charge in [0.2, 0.25) is 5.91 Å². The maximum atomic E-state index is 13.5. The second kappa shape index (κ2) is 8.66. The Morgan fingerprint density at radius 1 is 1.11 bits per heavy atom.